The number of nitrogens with two attached hydrogens (primary N) is 3. The highest BCUT2D eigenvalue weighted by atomic mass is 32.1. The number of carboxylic acid groups (broad SMARTS) is 2. The Labute approximate surface area is 547 Å². The molecule has 5 rings (SSSR count). The monoisotopic (exact) mass is 1320 g/mol. The first-order valence-corrected chi connectivity index (χ1v) is 30.9. The number of hydrogen-bond acceptors (Lipinski definition) is 15. The number of carbonyl (C=O) groups excluding carboxylic acids is 10. The van der Waals surface area contributed by atoms with E-state index in [0.717, 1.165) is 16.5 Å². The molecule has 10 atom stereocenters. The average molecular weight is 1320 g/mol. The fraction of sp³-hybridized carbons (Fsp3) is 0.391. The summed E-state index contributed by atoms with van der Waals surface area (Å²) in [7, 11) is 0. The molecule has 0 radical (unpaired) electrons. The summed E-state index contributed by atoms with van der Waals surface area (Å²) in [5.74, 6) is -13.0. The predicted molar refractivity (Wildman–Crippen MR) is 351 cm³/mol. The van der Waals surface area contributed by atoms with E-state index in [2.05, 4.69) is 75.8 Å². The number of guanidine groups is 1. The van der Waals surface area contributed by atoms with Crippen LogP contribution in [0.25, 0.3) is 10.9 Å². The molecule has 0 saturated carbocycles. The van der Waals surface area contributed by atoms with Gasteiger partial charge in [-0.25, -0.2) is 4.79 Å². The second-order valence-electron chi connectivity index (χ2n) is 22.6. The van der Waals surface area contributed by atoms with Crippen LogP contribution in [0, 0.1) is 5.92 Å². The van der Waals surface area contributed by atoms with Crippen molar-refractivity contribution < 1.29 is 67.7 Å². The normalized spacial score (nSPS) is 14.2. The molecule has 29 nitrogen and oxygen atoms in total. The molecule has 1 aromatic heterocycles. The van der Waals surface area contributed by atoms with Crippen LogP contribution in [0.1, 0.15) is 69.2 Å². The number of carbonyl (C=O) groups is 12. The molecule has 30 heteroatoms. The second-order valence-corrected chi connectivity index (χ2v) is 23.0. The van der Waals surface area contributed by atoms with E-state index < -0.39 is 156 Å². The summed E-state index contributed by atoms with van der Waals surface area (Å²) < 4.78 is 0. The Bertz CT molecular complexity index is 3460. The van der Waals surface area contributed by atoms with Gasteiger partial charge in [-0.1, -0.05) is 123 Å². The molecule has 10 amide bonds. The van der Waals surface area contributed by atoms with E-state index in [0.29, 0.717) is 16.7 Å². The SMILES string of the molecule is CC(C)[C@H](NC(=O)[C@H](CC(=O)O)NC(=O)[C@H](CS)NC(=O)[C@H](Cc1ccccc1)NC(=O)[C@H](C)NC(=O)[C@H](CCCN=C(N)N)NC(=O)CNC(=O)[C@H](Cc1ccccc1)NC(=O)[C@H](C)NC(=O)[C@H](Cc1c[nH]c2ccccc12)NC(=O)[C@@H](N)Cc1ccccc1)C(=O)O. The minimum atomic E-state index is -1.78. The van der Waals surface area contributed by atoms with Gasteiger partial charge in [-0.2, -0.15) is 12.6 Å². The summed E-state index contributed by atoms with van der Waals surface area (Å²) >= 11 is 4.18. The van der Waals surface area contributed by atoms with E-state index in [-0.39, 0.29) is 51.0 Å². The van der Waals surface area contributed by atoms with E-state index in [1.165, 1.54) is 27.7 Å². The summed E-state index contributed by atoms with van der Waals surface area (Å²) in [6.45, 7) is 4.96. The van der Waals surface area contributed by atoms with Crippen molar-refractivity contribution in [1.29, 1.82) is 0 Å². The fourth-order valence-corrected chi connectivity index (χ4v) is 9.90. The number of aromatic amines is 1. The Hall–Kier alpha value is -10.4. The molecule has 0 fully saturated rings. The number of nitrogens with one attached hydrogen (secondary N) is 11. The molecular formula is C64H83N15O14S. The number of aromatic nitrogens is 1. The van der Waals surface area contributed by atoms with Crippen molar-refractivity contribution >= 4 is 101 Å². The molecule has 0 aliphatic rings. The van der Waals surface area contributed by atoms with Gasteiger partial charge in [-0.15, -0.1) is 0 Å². The molecule has 0 saturated heterocycles. The Morgan fingerprint density at radius 1 is 0.500 bits per heavy atom. The Morgan fingerprint density at radius 3 is 1.47 bits per heavy atom. The molecule has 0 spiro atoms. The number of H-pyrrole nitrogens is 1. The first-order chi connectivity index (χ1) is 44.7. The van der Waals surface area contributed by atoms with Crippen molar-refractivity contribution in [2.75, 3.05) is 18.8 Å². The standard InChI is InChI=1S/C64H83N15O14S/c1-35(2)53(63(92)93)79-61(90)49(31-52(81)82)77-62(91)50(34-94)78-60(89)47(29-40-21-12-7-13-22-40)75-55(84)36(3)71-58(87)45(25-16-26-68-64(66)67)73-51(80)33-70-57(86)46(28-39-19-10-6-11-20-39)74-54(83)37(4)72-59(88)48(30-41-32-69-44-24-15-14-23-42(41)44)76-56(85)43(65)27-38-17-8-5-9-18-38/h5-15,17-24,32,35-37,43,45-50,53,69,94H,16,25-31,33-34,65H2,1-4H3,(H,70,86)(H,71,87)(H,72,88)(H,73,80)(H,74,83)(H,75,84)(H,76,85)(H,77,91)(H,78,89)(H,79,90)(H,81,82)(H,92,93)(H4,66,67,68)/t36-,37-,43-,45-,46-,47-,48-,49-,50-,53-/m0/s1. The molecule has 0 aliphatic carbocycles. The minimum absolute atomic E-state index is 0.00874. The molecule has 5 aromatic rings. The third-order valence-corrected chi connectivity index (χ3v) is 15.1. The molecule has 19 N–H and O–H groups in total. The highest BCUT2D eigenvalue weighted by Crippen LogP contribution is 2.20. The minimum Gasteiger partial charge on any atom is -0.481 e. The first-order valence-electron chi connectivity index (χ1n) is 30.3. The van der Waals surface area contributed by atoms with Crippen molar-refractivity contribution in [3.63, 3.8) is 0 Å². The zero-order valence-electron chi connectivity index (χ0n) is 52.4. The number of amides is 10. The smallest absolute Gasteiger partial charge is 0.326 e. The van der Waals surface area contributed by atoms with E-state index in [1.807, 2.05) is 54.6 Å². The van der Waals surface area contributed by atoms with E-state index in [1.54, 1.807) is 66.9 Å². The van der Waals surface area contributed by atoms with Crippen LogP contribution in [-0.4, -0.2) is 171 Å². The summed E-state index contributed by atoms with van der Waals surface area (Å²) in [5, 5.41) is 45.0. The van der Waals surface area contributed by atoms with Crippen molar-refractivity contribution in [1.82, 2.24) is 58.2 Å². The van der Waals surface area contributed by atoms with Crippen LogP contribution in [-0.2, 0) is 83.2 Å². The van der Waals surface area contributed by atoms with Gasteiger partial charge in [0.05, 0.1) is 19.0 Å². The number of fused-ring (bicyclic) bond motifs is 1. The van der Waals surface area contributed by atoms with Gasteiger partial charge in [0.15, 0.2) is 5.96 Å². The Morgan fingerprint density at radius 2 is 0.947 bits per heavy atom. The van der Waals surface area contributed by atoms with Crippen LogP contribution in [0.15, 0.2) is 126 Å². The van der Waals surface area contributed by atoms with Gasteiger partial charge in [-0.05, 0) is 67.3 Å². The topological polar surface area (TPSA) is 472 Å². The average Bonchev–Trinajstić information content (AvgIpc) is 1.66. The van der Waals surface area contributed by atoms with Crippen LogP contribution in [0.4, 0.5) is 0 Å². The number of hydrogen-bond donors (Lipinski definition) is 17. The van der Waals surface area contributed by atoms with Gasteiger partial charge in [-0.3, -0.25) is 57.7 Å². The lowest BCUT2D eigenvalue weighted by atomic mass is 10.0. The number of thiol groups is 1. The van der Waals surface area contributed by atoms with Crippen molar-refractivity contribution in [3.05, 3.63) is 144 Å². The lowest BCUT2D eigenvalue weighted by Gasteiger charge is -2.26. The van der Waals surface area contributed by atoms with Crippen LogP contribution in [0.5, 0.6) is 0 Å². The maximum Gasteiger partial charge on any atom is 0.326 e. The van der Waals surface area contributed by atoms with Gasteiger partial charge >= 0.3 is 11.9 Å². The molecular weight excluding hydrogens is 1230 g/mol. The molecule has 1 heterocycles. The summed E-state index contributed by atoms with van der Waals surface area (Å²) in [5.41, 5.74) is 20.8. The zero-order chi connectivity index (χ0) is 69.0. The summed E-state index contributed by atoms with van der Waals surface area (Å²) in [6, 6.07) is 19.5. The zero-order valence-corrected chi connectivity index (χ0v) is 53.3. The number of aliphatic imine (C=N–C) groups is 1. The highest BCUT2D eigenvalue weighted by Gasteiger charge is 2.35. The van der Waals surface area contributed by atoms with Crippen molar-refractivity contribution in [2.45, 2.75) is 133 Å². The summed E-state index contributed by atoms with van der Waals surface area (Å²) in [4.78, 5) is 169. The van der Waals surface area contributed by atoms with Gasteiger partial charge in [0.25, 0.3) is 0 Å². The molecule has 4 aromatic carbocycles. The van der Waals surface area contributed by atoms with Crippen LogP contribution >= 0.6 is 12.6 Å². The summed E-state index contributed by atoms with van der Waals surface area (Å²) in [6.07, 6.45) is 0.698. The molecule has 0 bridgehead atoms. The lowest BCUT2D eigenvalue weighted by Crippen LogP contribution is -2.60. The van der Waals surface area contributed by atoms with Gasteiger partial charge in [0.1, 0.15) is 54.4 Å². The predicted octanol–water partition coefficient (Wildman–Crippen LogP) is -1.52. The van der Waals surface area contributed by atoms with Crippen LogP contribution in [0.2, 0.25) is 0 Å². The molecule has 0 unspecified atom stereocenters. The maximum atomic E-state index is 14.2. The number of nitrogens with zero attached hydrogens (tertiary/aromatic N) is 1. The maximum absolute atomic E-state index is 14.2. The number of rotatable bonds is 37. The van der Waals surface area contributed by atoms with Gasteiger partial charge in [0, 0.05) is 48.7 Å². The van der Waals surface area contributed by atoms with Gasteiger partial charge < -0.3 is 85.6 Å². The van der Waals surface area contributed by atoms with E-state index in [9.17, 15) is 67.7 Å². The van der Waals surface area contributed by atoms with E-state index >= 15 is 0 Å². The van der Waals surface area contributed by atoms with Crippen LogP contribution < -0.4 is 70.4 Å². The highest BCUT2D eigenvalue weighted by molar-refractivity contribution is 7.80. The third kappa shape index (κ3) is 24.4. The van der Waals surface area contributed by atoms with Crippen molar-refractivity contribution in [2.24, 2.45) is 28.1 Å². The lowest BCUT2D eigenvalue weighted by molar-refractivity contribution is -0.144. The number of benzene rings is 4. The second kappa shape index (κ2) is 37.2. The fourth-order valence-electron chi connectivity index (χ4n) is 9.64. The molecule has 0 aliphatic heterocycles. The largest absolute Gasteiger partial charge is 0.481 e. The number of para-hydroxylation sites is 1. The molecule has 94 heavy (non-hydrogen) atoms. The Balaban J connectivity index is 1.26. The quantitative estimate of drug-likeness (QED) is 0.00930. The van der Waals surface area contributed by atoms with Gasteiger partial charge in [0.2, 0.25) is 59.1 Å². The van der Waals surface area contributed by atoms with Crippen LogP contribution in [0.3, 0.4) is 0 Å². The van der Waals surface area contributed by atoms with Crippen molar-refractivity contribution in [3.8, 4) is 0 Å². The van der Waals surface area contributed by atoms with E-state index in [4.69, 9.17) is 17.2 Å². The third-order valence-electron chi connectivity index (χ3n) is 14.8. The number of aliphatic carboxylic acids is 2. The Kier molecular flexibility index (Phi) is 29.5. The number of carboxylic acids is 2. The first kappa shape index (κ1) is 74.4. The molecule has 504 valence electrons.